The van der Waals surface area contributed by atoms with E-state index in [-0.39, 0.29) is 9.40 Å². The molecule has 0 radical (unpaired) electrons. The molecule has 0 saturated carbocycles. The van der Waals surface area contributed by atoms with E-state index in [1.54, 1.807) is 0 Å². The Balaban J connectivity index is 1.72. The van der Waals surface area contributed by atoms with Gasteiger partial charge in [-0.3, -0.25) is 0 Å². The normalized spacial score (nSPS) is 35.6. The summed E-state index contributed by atoms with van der Waals surface area (Å²) in [6.45, 7) is 1.68. The summed E-state index contributed by atoms with van der Waals surface area (Å²) in [5.41, 5.74) is 0.887. The minimum absolute atomic E-state index is 0.304. The Morgan fingerprint density at radius 1 is 1.29 bits per heavy atom. The molecule has 2 heterocycles. The van der Waals surface area contributed by atoms with E-state index in [1.807, 2.05) is 30.3 Å². The van der Waals surface area contributed by atoms with E-state index in [0.29, 0.717) is 6.61 Å². The molecule has 0 spiro atoms. The van der Waals surface area contributed by atoms with Crippen LogP contribution in [0.3, 0.4) is 0 Å². The molecule has 1 N–H and O–H groups in total. The third-order valence-electron chi connectivity index (χ3n) is 4.28. The molecular weight excluding hydrogens is 505 g/mol. The van der Waals surface area contributed by atoms with Crippen molar-refractivity contribution in [2.75, 3.05) is 13.7 Å². The van der Waals surface area contributed by atoms with Crippen molar-refractivity contribution in [2.24, 2.45) is 0 Å². The van der Waals surface area contributed by atoms with Gasteiger partial charge in [-0.1, -0.05) is 0 Å². The van der Waals surface area contributed by atoms with Gasteiger partial charge in [-0.15, -0.1) is 0 Å². The van der Waals surface area contributed by atoms with Crippen molar-refractivity contribution in [1.82, 2.24) is 0 Å². The SMILES string of the molecule is COC1OC2COC(c3ccccc3)OC2C(O)[CH]1[Hg][O]C(C)=O. The Morgan fingerprint density at radius 3 is 2.71 bits per heavy atom. The van der Waals surface area contributed by atoms with E-state index in [9.17, 15) is 9.90 Å². The zero-order valence-electron chi connectivity index (χ0n) is 13.7. The van der Waals surface area contributed by atoms with Crippen molar-refractivity contribution in [1.29, 1.82) is 0 Å². The van der Waals surface area contributed by atoms with Gasteiger partial charge >= 0.3 is 153 Å². The Morgan fingerprint density at radius 2 is 2.04 bits per heavy atom. The topological polar surface area (TPSA) is 83.5 Å². The van der Waals surface area contributed by atoms with Crippen LogP contribution >= 0.6 is 0 Å². The van der Waals surface area contributed by atoms with Crippen LogP contribution in [0.1, 0.15) is 18.8 Å². The van der Waals surface area contributed by atoms with E-state index in [1.165, 1.54) is 14.0 Å². The first-order valence-electron chi connectivity index (χ1n) is 7.92. The van der Waals surface area contributed by atoms with E-state index < -0.39 is 55.9 Å². The molecule has 0 aromatic heterocycles. The number of methoxy groups -OCH3 is 1. The van der Waals surface area contributed by atoms with E-state index in [0.717, 1.165) is 5.56 Å². The Bertz CT molecular complexity index is 555. The number of hydrogen-bond donors (Lipinski definition) is 1. The van der Waals surface area contributed by atoms with Crippen LogP contribution < -0.4 is 0 Å². The summed E-state index contributed by atoms with van der Waals surface area (Å²) in [5, 5.41) is 10.8. The maximum atomic E-state index is 11.1. The summed E-state index contributed by atoms with van der Waals surface area (Å²) >= 11 is -2.22. The molecule has 1 aromatic carbocycles. The second kappa shape index (κ2) is 8.20. The summed E-state index contributed by atoms with van der Waals surface area (Å²) in [5.74, 6) is -0.323. The fourth-order valence-electron chi connectivity index (χ4n) is 3.05. The van der Waals surface area contributed by atoms with Crippen LogP contribution in [0, 0.1) is 0 Å². The zero-order chi connectivity index (χ0) is 17.1. The Hall–Kier alpha value is -0.575. The van der Waals surface area contributed by atoms with Gasteiger partial charge in [0.25, 0.3) is 0 Å². The first-order chi connectivity index (χ1) is 11.6. The molecule has 2 aliphatic rings. The molecule has 2 saturated heterocycles. The van der Waals surface area contributed by atoms with Crippen LogP contribution in [-0.4, -0.2) is 49.4 Å². The molecular formula is C16H20HgO7. The maximum absolute atomic E-state index is 11.1. The molecule has 3 rings (SSSR count). The van der Waals surface area contributed by atoms with Crippen molar-refractivity contribution in [3.63, 3.8) is 0 Å². The number of carbonyl (C=O) groups is 1. The molecule has 1 aromatic rings. The van der Waals surface area contributed by atoms with Crippen molar-refractivity contribution in [3.8, 4) is 0 Å². The van der Waals surface area contributed by atoms with Gasteiger partial charge in [0.1, 0.15) is 0 Å². The average molecular weight is 525 g/mol. The molecule has 8 heteroatoms. The van der Waals surface area contributed by atoms with Crippen LogP contribution in [0.5, 0.6) is 0 Å². The van der Waals surface area contributed by atoms with Crippen LogP contribution in [0.15, 0.2) is 30.3 Å². The Labute approximate surface area is 153 Å². The van der Waals surface area contributed by atoms with Gasteiger partial charge in [0.15, 0.2) is 0 Å². The zero-order valence-corrected chi connectivity index (χ0v) is 19.2. The molecule has 7 nitrogen and oxygen atoms in total. The van der Waals surface area contributed by atoms with Gasteiger partial charge < -0.3 is 0 Å². The van der Waals surface area contributed by atoms with Gasteiger partial charge in [0, 0.05) is 0 Å². The summed E-state index contributed by atoms with van der Waals surface area (Å²) in [6.07, 6.45) is -2.88. The van der Waals surface area contributed by atoms with Gasteiger partial charge in [0.05, 0.1) is 0 Å². The quantitative estimate of drug-likeness (QED) is 0.592. The van der Waals surface area contributed by atoms with Crippen molar-refractivity contribution >= 4 is 5.97 Å². The van der Waals surface area contributed by atoms with Crippen LogP contribution in [0.4, 0.5) is 0 Å². The third kappa shape index (κ3) is 3.97. The summed E-state index contributed by atoms with van der Waals surface area (Å²) < 4.78 is 27.8. The molecule has 2 aliphatic heterocycles. The average Bonchev–Trinajstić information content (AvgIpc) is 2.61. The number of carbonyl (C=O) groups excluding carboxylic acids is 1. The van der Waals surface area contributed by atoms with Crippen molar-refractivity contribution in [2.45, 2.75) is 41.2 Å². The first-order valence-corrected chi connectivity index (χ1v) is 13.3. The molecule has 6 unspecified atom stereocenters. The molecule has 24 heavy (non-hydrogen) atoms. The predicted molar refractivity (Wildman–Crippen MR) is 77.2 cm³/mol. The second-order valence-corrected chi connectivity index (χ2v) is 12.0. The third-order valence-corrected chi connectivity index (χ3v) is 11.4. The number of rotatable bonds is 4. The van der Waals surface area contributed by atoms with Gasteiger partial charge in [-0.05, 0) is 0 Å². The van der Waals surface area contributed by atoms with Gasteiger partial charge in [-0.25, -0.2) is 0 Å². The number of ether oxygens (including phenoxy) is 4. The minimum atomic E-state index is -2.22. The summed E-state index contributed by atoms with van der Waals surface area (Å²) in [4.78, 5) is 11.1. The molecule has 0 aliphatic carbocycles. The molecule has 128 valence electrons. The number of fused-ring (bicyclic) bond motifs is 1. The predicted octanol–water partition coefficient (Wildman–Crippen LogP) is 1.18. The first kappa shape index (κ1) is 18.2. The molecule has 0 bridgehead atoms. The number of aliphatic hydroxyl groups excluding tert-OH is 1. The van der Waals surface area contributed by atoms with E-state index in [2.05, 4.69) is 0 Å². The van der Waals surface area contributed by atoms with E-state index in [4.69, 9.17) is 21.6 Å². The second-order valence-electron chi connectivity index (χ2n) is 5.91. The number of benzene rings is 1. The van der Waals surface area contributed by atoms with Crippen LogP contribution in [0.2, 0.25) is 3.43 Å². The fourth-order valence-corrected chi connectivity index (χ4v) is 8.31. The molecule has 2 fully saturated rings. The standard InChI is InChI=1S/C14H17O5.C2H4O2.Hg/c1-16-12-7-10(15)13-11(18-12)8-17-14(19-13)9-5-3-2-4-6-9;1-2(3)4;/h2-7,10-15H,8H2,1H3;1H3,(H,3,4);/q;;+1/p-1. The van der Waals surface area contributed by atoms with Gasteiger partial charge in [0.2, 0.25) is 0 Å². The Kier molecular flexibility index (Phi) is 6.23. The number of aliphatic hydroxyl groups is 1. The number of hydrogen-bond acceptors (Lipinski definition) is 7. The van der Waals surface area contributed by atoms with Crippen molar-refractivity contribution in [3.05, 3.63) is 35.9 Å². The summed E-state index contributed by atoms with van der Waals surface area (Å²) in [7, 11) is 1.52. The van der Waals surface area contributed by atoms with Crippen LogP contribution in [-0.2, 0) is 51.4 Å². The van der Waals surface area contributed by atoms with E-state index >= 15 is 0 Å². The fraction of sp³-hybridized carbons (Fsp3) is 0.562. The van der Waals surface area contributed by atoms with Gasteiger partial charge in [-0.2, -0.15) is 0 Å². The molecule has 6 atom stereocenters. The van der Waals surface area contributed by atoms with Crippen molar-refractivity contribution < 1.29 is 56.5 Å². The monoisotopic (exact) mass is 526 g/mol. The molecule has 0 amide bonds. The summed E-state index contributed by atoms with van der Waals surface area (Å²) in [6, 6.07) is 9.55. The van der Waals surface area contributed by atoms with Crippen LogP contribution in [0.25, 0.3) is 0 Å².